The lowest BCUT2D eigenvalue weighted by Gasteiger charge is -2.25. The number of benzene rings is 1. The molecule has 5 nitrogen and oxygen atoms in total. The summed E-state index contributed by atoms with van der Waals surface area (Å²) in [5, 5.41) is 2.18. The second-order valence-corrected chi connectivity index (χ2v) is 6.30. The first-order valence-electron chi connectivity index (χ1n) is 8.31. The summed E-state index contributed by atoms with van der Waals surface area (Å²) in [6.07, 6.45) is 2.68. The summed E-state index contributed by atoms with van der Waals surface area (Å²) in [6.45, 7) is 1.96. The summed E-state index contributed by atoms with van der Waals surface area (Å²) < 4.78 is 39.8. The van der Waals surface area contributed by atoms with Crippen molar-refractivity contribution in [2.24, 2.45) is 11.7 Å². The van der Waals surface area contributed by atoms with Crippen LogP contribution in [0.4, 0.5) is 18.9 Å². The zero-order valence-electron chi connectivity index (χ0n) is 14.0. The molecule has 2 amide bonds. The Labute approximate surface area is 144 Å². The molecule has 0 radical (unpaired) electrons. The first kappa shape index (κ1) is 19.2. The second kappa shape index (κ2) is 8.33. The lowest BCUT2D eigenvalue weighted by molar-refractivity contribution is -0.138. The number of nitrogens with zero attached hydrogens (tertiary/aromatic N) is 1. The maximum atomic E-state index is 13.6. The Morgan fingerprint density at radius 3 is 2.56 bits per heavy atom. The molecule has 1 aliphatic carbocycles. The summed E-state index contributed by atoms with van der Waals surface area (Å²) in [6, 6.07) is 1.65. The third kappa shape index (κ3) is 4.72. The van der Waals surface area contributed by atoms with E-state index in [-0.39, 0.29) is 24.4 Å². The summed E-state index contributed by atoms with van der Waals surface area (Å²) in [5.74, 6) is -5.50. The molecular formula is C17H22F3N3O2. The number of carbonyl (C=O) groups is 2. The molecule has 0 heterocycles. The zero-order chi connectivity index (χ0) is 18.6. The molecule has 0 spiro atoms. The number of amides is 2. The van der Waals surface area contributed by atoms with Crippen LogP contribution in [0.2, 0.25) is 0 Å². The molecule has 1 aromatic rings. The van der Waals surface area contributed by atoms with Gasteiger partial charge in [0.1, 0.15) is 0 Å². The van der Waals surface area contributed by atoms with Gasteiger partial charge in [-0.2, -0.15) is 0 Å². The first-order chi connectivity index (χ1) is 11.8. The van der Waals surface area contributed by atoms with Gasteiger partial charge in [-0.25, -0.2) is 13.2 Å². The van der Waals surface area contributed by atoms with Gasteiger partial charge in [0.2, 0.25) is 11.8 Å². The third-order valence-corrected chi connectivity index (χ3v) is 4.27. The highest BCUT2D eigenvalue weighted by molar-refractivity contribution is 5.95. The average molecular weight is 357 g/mol. The van der Waals surface area contributed by atoms with E-state index in [1.54, 1.807) is 0 Å². The van der Waals surface area contributed by atoms with Gasteiger partial charge in [0.25, 0.3) is 0 Å². The van der Waals surface area contributed by atoms with E-state index in [4.69, 9.17) is 5.73 Å². The van der Waals surface area contributed by atoms with Crippen LogP contribution in [0.1, 0.15) is 32.6 Å². The second-order valence-electron chi connectivity index (χ2n) is 6.30. The number of rotatable bonds is 6. The number of carbonyl (C=O) groups excluding carboxylic acids is 2. The highest BCUT2D eigenvalue weighted by Gasteiger charge is 2.31. The van der Waals surface area contributed by atoms with Crippen molar-refractivity contribution in [2.75, 3.05) is 18.4 Å². The van der Waals surface area contributed by atoms with Crippen molar-refractivity contribution in [3.8, 4) is 0 Å². The minimum Gasteiger partial charge on any atom is -0.333 e. The maximum Gasteiger partial charge on any atom is 0.244 e. The molecular weight excluding hydrogens is 335 g/mol. The number of hydrogen-bond acceptors (Lipinski definition) is 3. The van der Waals surface area contributed by atoms with Crippen LogP contribution >= 0.6 is 0 Å². The van der Waals surface area contributed by atoms with E-state index in [0.29, 0.717) is 25.8 Å². The number of nitrogens with two attached hydrogens (primary N) is 1. The molecule has 0 aliphatic heterocycles. The van der Waals surface area contributed by atoms with Gasteiger partial charge in [0.05, 0.1) is 12.2 Å². The van der Waals surface area contributed by atoms with Crippen LogP contribution < -0.4 is 11.1 Å². The van der Waals surface area contributed by atoms with Crippen molar-refractivity contribution < 1.29 is 22.8 Å². The van der Waals surface area contributed by atoms with Crippen LogP contribution in [0.3, 0.4) is 0 Å². The number of anilines is 1. The smallest absolute Gasteiger partial charge is 0.244 e. The zero-order valence-corrected chi connectivity index (χ0v) is 14.0. The maximum absolute atomic E-state index is 13.6. The molecule has 138 valence electrons. The van der Waals surface area contributed by atoms with Crippen molar-refractivity contribution in [3.63, 3.8) is 0 Å². The summed E-state index contributed by atoms with van der Waals surface area (Å²) in [4.78, 5) is 26.1. The number of nitrogens with one attached hydrogen (secondary N) is 1. The summed E-state index contributed by atoms with van der Waals surface area (Å²) >= 11 is 0. The highest BCUT2D eigenvalue weighted by Crippen LogP contribution is 2.26. The largest absolute Gasteiger partial charge is 0.333 e. The first-order valence-corrected chi connectivity index (χ1v) is 8.31. The Morgan fingerprint density at radius 2 is 1.96 bits per heavy atom. The van der Waals surface area contributed by atoms with Crippen LogP contribution in [-0.4, -0.2) is 35.8 Å². The van der Waals surface area contributed by atoms with E-state index in [1.165, 1.54) is 4.90 Å². The van der Waals surface area contributed by atoms with Crippen molar-refractivity contribution >= 4 is 17.5 Å². The SMILES string of the molecule is CCCN(CC(=O)Nc1ccc(F)c(F)c1F)C(=O)C1CCC(N)C1. The summed E-state index contributed by atoms with van der Waals surface area (Å²) in [5.41, 5.74) is 5.36. The van der Waals surface area contributed by atoms with Gasteiger partial charge in [-0.1, -0.05) is 6.92 Å². The van der Waals surface area contributed by atoms with E-state index >= 15 is 0 Å². The van der Waals surface area contributed by atoms with Gasteiger partial charge >= 0.3 is 0 Å². The van der Waals surface area contributed by atoms with Crippen molar-refractivity contribution in [1.82, 2.24) is 4.90 Å². The van der Waals surface area contributed by atoms with Crippen molar-refractivity contribution in [3.05, 3.63) is 29.6 Å². The van der Waals surface area contributed by atoms with Gasteiger partial charge in [-0.15, -0.1) is 0 Å². The molecule has 0 bridgehead atoms. The third-order valence-electron chi connectivity index (χ3n) is 4.27. The average Bonchev–Trinajstić information content (AvgIpc) is 3.01. The van der Waals surface area contributed by atoms with E-state index in [2.05, 4.69) is 5.32 Å². The fraction of sp³-hybridized carbons (Fsp3) is 0.529. The van der Waals surface area contributed by atoms with Gasteiger partial charge in [-0.3, -0.25) is 9.59 Å². The highest BCUT2D eigenvalue weighted by atomic mass is 19.2. The molecule has 1 saturated carbocycles. The molecule has 1 fully saturated rings. The Kier molecular flexibility index (Phi) is 6.41. The Morgan fingerprint density at radius 1 is 1.24 bits per heavy atom. The van der Waals surface area contributed by atoms with Crippen molar-refractivity contribution in [2.45, 2.75) is 38.6 Å². The normalized spacial score (nSPS) is 19.7. The lowest BCUT2D eigenvalue weighted by Crippen LogP contribution is -2.41. The lowest BCUT2D eigenvalue weighted by atomic mass is 10.1. The van der Waals surface area contributed by atoms with Gasteiger partial charge in [0, 0.05) is 18.5 Å². The van der Waals surface area contributed by atoms with Crippen LogP contribution in [-0.2, 0) is 9.59 Å². The molecule has 1 aliphatic rings. The topological polar surface area (TPSA) is 75.4 Å². The van der Waals surface area contributed by atoms with Crippen LogP contribution in [0.15, 0.2) is 12.1 Å². The number of halogens is 3. The molecule has 0 aromatic heterocycles. The van der Waals surface area contributed by atoms with E-state index in [1.807, 2.05) is 6.92 Å². The predicted molar refractivity (Wildman–Crippen MR) is 87.1 cm³/mol. The monoisotopic (exact) mass is 357 g/mol. The minimum absolute atomic E-state index is 0.0115. The van der Waals surface area contributed by atoms with Crippen LogP contribution in [0.5, 0.6) is 0 Å². The van der Waals surface area contributed by atoms with Gasteiger partial charge in [0.15, 0.2) is 17.5 Å². The summed E-state index contributed by atoms with van der Waals surface area (Å²) in [7, 11) is 0. The molecule has 8 heteroatoms. The van der Waals surface area contributed by atoms with E-state index in [9.17, 15) is 22.8 Å². The van der Waals surface area contributed by atoms with Crippen molar-refractivity contribution in [1.29, 1.82) is 0 Å². The standard InChI is InChI=1S/C17H22F3N3O2/c1-2-7-23(17(25)10-3-4-11(21)8-10)9-14(24)22-13-6-5-12(18)15(19)16(13)20/h5-6,10-11H,2-4,7-9,21H2,1H3,(H,22,24). The number of hydrogen-bond donors (Lipinski definition) is 2. The Bertz CT molecular complexity index is 654. The van der Waals surface area contributed by atoms with Gasteiger partial charge in [-0.05, 0) is 37.8 Å². The predicted octanol–water partition coefficient (Wildman–Crippen LogP) is 2.41. The van der Waals surface area contributed by atoms with Gasteiger partial charge < -0.3 is 16.0 Å². The molecule has 2 rings (SSSR count). The fourth-order valence-corrected chi connectivity index (χ4v) is 3.02. The Hall–Kier alpha value is -2.09. The molecule has 25 heavy (non-hydrogen) atoms. The minimum atomic E-state index is -1.65. The molecule has 2 unspecified atom stereocenters. The molecule has 1 aromatic carbocycles. The molecule has 0 saturated heterocycles. The van der Waals surface area contributed by atoms with Crippen LogP contribution in [0, 0.1) is 23.4 Å². The van der Waals surface area contributed by atoms with Crippen LogP contribution in [0.25, 0.3) is 0 Å². The molecule has 3 N–H and O–H groups in total. The fourth-order valence-electron chi connectivity index (χ4n) is 3.02. The van der Waals surface area contributed by atoms with E-state index < -0.39 is 29.0 Å². The quantitative estimate of drug-likeness (QED) is 0.768. The Balaban J connectivity index is 2.03. The molecule has 2 atom stereocenters. The van der Waals surface area contributed by atoms with E-state index in [0.717, 1.165) is 18.6 Å².